The molecule has 0 unspecified atom stereocenters. The van der Waals surface area contributed by atoms with Crippen molar-refractivity contribution in [1.82, 2.24) is 0 Å². The average molecular weight is 187 g/mol. The molecule has 64 valence electrons. The first-order valence-electron chi connectivity index (χ1n) is 3.81. The highest BCUT2D eigenvalue weighted by molar-refractivity contribution is 6.30. The lowest BCUT2D eigenvalue weighted by molar-refractivity contribution is 0.174. The Morgan fingerprint density at radius 3 is 3.17 bits per heavy atom. The number of hydrogen-bond donors (Lipinski definition) is 0. The minimum atomic E-state index is -0.893. The van der Waals surface area contributed by atoms with Gasteiger partial charge in [-0.05, 0) is 23.8 Å². The molecule has 1 aromatic rings. The summed E-state index contributed by atoms with van der Waals surface area (Å²) in [6.07, 6.45) is -0.480. The molecule has 0 amide bonds. The standard InChI is InChI=1S/C9H8ClFO/c10-7-1-2-9-6(3-7)4-8(11)5-12-9/h1-3,8H,4-5H2/t8-/m1/s1. The first-order chi connectivity index (χ1) is 5.75. The van der Waals surface area contributed by atoms with E-state index in [-0.39, 0.29) is 6.61 Å². The van der Waals surface area contributed by atoms with Gasteiger partial charge in [0, 0.05) is 11.4 Å². The van der Waals surface area contributed by atoms with Crippen LogP contribution in [0.4, 0.5) is 4.39 Å². The van der Waals surface area contributed by atoms with E-state index in [1.54, 1.807) is 18.2 Å². The van der Waals surface area contributed by atoms with Crippen LogP contribution in [0.15, 0.2) is 18.2 Å². The first kappa shape index (κ1) is 7.87. The molecule has 1 aromatic carbocycles. The van der Waals surface area contributed by atoms with Gasteiger partial charge in [-0.2, -0.15) is 0 Å². The third kappa shape index (κ3) is 1.39. The van der Waals surface area contributed by atoms with Crippen molar-refractivity contribution in [2.45, 2.75) is 12.6 Å². The highest BCUT2D eigenvalue weighted by atomic mass is 35.5. The van der Waals surface area contributed by atoms with Crippen molar-refractivity contribution in [3.63, 3.8) is 0 Å². The van der Waals surface area contributed by atoms with Crippen molar-refractivity contribution in [3.05, 3.63) is 28.8 Å². The Morgan fingerprint density at radius 2 is 2.33 bits per heavy atom. The van der Waals surface area contributed by atoms with Crippen molar-refractivity contribution in [2.24, 2.45) is 0 Å². The summed E-state index contributed by atoms with van der Waals surface area (Å²) in [5, 5.41) is 0.631. The maximum atomic E-state index is 12.8. The zero-order chi connectivity index (χ0) is 8.55. The molecule has 0 fully saturated rings. The van der Waals surface area contributed by atoms with Gasteiger partial charge >= 0.3 is 0 Å². The van der Waals surface area contributed by atoms with Gasteiger partial charge in [0.05, 0.1) is 0 Å². The maximum absolute atomic E-state index is 12.8. The van der Waals surface area contributed by atoms with E-state index in [0.717, 1.165) is 11.3 Å². The monoisotopic (exact) mass is 186 g/mol. The Hall–Kier alpha value is -0.760. The molecule has 0 saturated carbocycles. The molecule has 0 aromatic heterocycles. The molecule has 1 nitrogen and oxygen atoms in total. The van der Waals surface area contributed by atoms with Gasteiger partial charge in [-0.3, -0.25) is 0 Å². The fraction of sp³-hybridized carbons (Fsp3) is 0.333. The lowest BCUT2D eigenvalue weighted by Crippen LogP contribution is -2.21. The molecule has 0 bridgehead atoms. The quantitative estimate of drug-likeness (QED) is 0.605. The second-order valence-corrected chi connectivity index (χ2v) is 3.30. The molecule has 0 spiro atoms. The van der Waals surface area contributed by atoms with Gasteiger partial charge in [0.25, 0.3) is 0 Å². The number of rotatable bonds is 0. The lowest BCUT2D eigenvalue weighted by atomic mass is 10.1. The van der Waals surface area contributed by atoms with E-state index in [0.29, 0.717) is 11.4 Å². The Bertz CT molecular complexity index is 301. The molecule has 0 aliphatic carbocycles. The van der Waals surface area contributed by atoms with Crippen LogP contribution < -0.4 is 4.74 Å². The van der Waals surface area contributed by atoms with Crippen molar-refractivity contribution < 1.29 is 9.13 Å². The predicted molar refractivity (Wildman–Crippen MR) is 45.5 cm³/mol. The van der Waals surface area contributed by atoms with Crippen LogP contribution in [0.5, 0.6) is 5.75 Å². The molecule has 1 aliphatic heterocycles. The first-order valence-corrected chi connectivity index (χ1v) is 4.19. The number of ether oxygens (including phenoxy) is 1. The van der Waals surface area contributed by atoms with Gasteiger partial charge in [0.1, 0.15) is 18.5 Å². The van der Waals surface area contributed by atoms with Gasteiger partial charge in [0.2, 0.25) is 0 Å². The Balaban J connectivity index is 2.37. The normalized spacial score (nSPS) is 21.3. The topological polar surface area (TPSA) is 9.23 Å². The summed E-state index contributed by atoms with van der Waals surface area (Å²) < 4.78 is 18.0. The number of fused-ring (bicyclic) bond motifs is 1. The second kappa shape index (κ2) is 2.94. The van der Waals surface area contributed by atoms with Crippen molar-refractivity contribution in [1.29, 1.82) is 0 Å². The van der Waals surface area contributed by atoms with Gasteiger partial charge in [-0.15, -0.1) is 0 Å². The summed E-state index contributed by atoms with van der Waals surface area (Å²) in [7, 11) is 0. The summed E-state index contributed by atoms with van der Waals surface area (Å²) >= 11 is 5.75. The van der Waals surface area contributed by atoms with Gasteiger partial charge in [-0.25, -0.2) is 4.39 Å². The van der Waals surface area contributed by atoms with Gasteiger partial charge in [0.15, 0.2) is 0 Å². The van der Waals surface area contributed by atoms with Crippen LogP contribution in [0.25, 0.3) is 0 Å². The highest BCUT2D eigenvalue weighted by Gasteiger charge is 2.18. The molecular weight excluding hydrogens is 179 g/mol. The zero-order valence-electron chi connectivity index (χ0n) is 6.39. The molecule has 1 aliphatic rings. The van der Waals surface area contributed by atoms with Crippen molar-refractivity contribution in [3.8, 4) is 5.75 Å². The third-order valence-electron chi connectivity index (χ3n) is 1.88. The molecule has 1 atom stereocenters. The summed E-state index contributed by atoms with van der Waals surface area (Å²) in [6, 6.07) is 5.28. The summed E-state index contributed by atoms with van der Waals surface area (Å²) in [5.41, 5.74) is 0.862. The molecule has 3 heteroatoms. The number of halogens is 2. The summed E-state index contributed by atoms with van der Waals surface area (Å²) in [5.74, 6) is 0.758. The fourth-order valence-electron chi connectivity index (χ4n) is 1.33. The highest BCUT2D eigenvalue weighted by Crippen LogP contribution is 2.28. The van der Waals surface area contributed by atoms with E-state index >= 15 is 0 Å². The molecule has 0 saturated heterocycles. The van der Waals surface area contributed by atoms with E-state index in [9.17, 15) is 4.39 Å². The van der Waals surface area contributed by atoms with E-state index in [4.69, 9.17) is 16.3 Å². The zero-order valence-corrected chi connectivity index (χ0v) is 7.14. The smallest absolute Gasteiger partial charge is 0.138 e. The lowest BCUT2D eigenvalue weighted by Gasteiger charge is -2.19. The second-order valence-electron chi connectivity index (χ2n) is 2.86. The summed E-state index contributed by atoms with van der Waals surface area (Å²) in [6.45, 7) is 0.161. The molecule has 2 rings (SSSR count). The van der Waals surface area contributed by atoms with Crippen LogP contribution in [0.2, 0.25) is 5.02 Å². The Kier molecular flexibility index (Phi) is 1.93. The van der Waals surface area contributed by atoms with Crippen molar-refractivity contribution in [2.75, 3.05) is 6.61 Å². The van der Waals surface area contributed by atoms with E-state index in [1.807, 2.05) is 0 Å². The van der Waals surface area contributed by atoms with Crippen molar-refractivity contribution >= 4 is 11.6 Å². The largest absolute Gasteiger partial charge is 0.490 e. The molecule has 0 radical (unpaired) electrons. The predicted octanol–water partition coefficient (Wildman–Crippen LogP) is 2.61. The van der Waals surface area contributed by atoms with Gasteiger partial charge in [-0.1, -0.05) is 11.6 Å². The SMILES string of the molecule is F[C@H]1COc2ccc(Cl)cc2C1. The van der Waals surface area contributed by atoms with E-state index in [2.05, 4.69) is 0 Å². The number of benzene rings is 1. The van der Waals surface area contributed by atoms with E-state index < -0.39 is 6.17 Å². The van der Waals surface area contributed by atoms with Crippen LogP contribution in [-0.4, -0.2) is 12.8 Å². The molecule has 1 heterocycles. The van der Waals surface area contributed by atoms with Gasteiger partial charge < -0.3 is 4.74 Å². The molecule has 12 heavy (non-hydrogen) atoms. The van der Waals surface area contributed by atoms with Crippen LogP contribution in [-0.2, 0) is 6.42 Å². The summed E-state index contributed by atoms with van der Waals surface area (Å²) in [4.78, 5) is 0. The Labute approximate surface area is 75.1 Å². The van der Waals surface area contributed by atoms with Crippen LogP contribution in [0.3, 0.4) is 0 Å². The third-order valence-corrected chi connectivity index (χ3v) is 2.12. The minimum absolute atomic E-state index is 0.161. The van der Waals surface area contributed by atoms with Crippen LogP contribution >= 0.6 is 11.6 Å². The molecular formula is C9H8ClFO. The van der Waals surface area contributed by atoms with E-state index in [1.165, 1.54) is 0 Å². The minimum Gasteiger partial charge on any atom is -0.490 e. The number of hydrogen-bond acceptors (Lipinski definition) is 1. The molecule has 0 N–H and O–H groups in total. The Morgan fingerprint density at radius 1 is 1.50 bits per heavy atom. The fourth-order valence-corrected chi connectivity index (χ4v) is 1.52. The average Bonchev–Trinajstić information content (AvgIpc) is 2.03. The van der Waals surface area contributed by atoms with Crippen LogP contribution in [0.1, 0.15) is 5.56 Å². The number of alkyl halides is 1. The maximum Gasteiger partial charge on any atom is 0.138 e. The van der Waals surface area contributed by atoms with Crippen LogP contribution in [0, 0.1) is 0 Å².